The fourth-order valence-corrected chi connectivity index (χ4v) is 1.86. The van der Waals surface area contributed by atoms with Crippen molar-refractivity contribution in [2.75, 3.05) is 14.1 Å². The molecule has 0 saturated heterocycles. The molecular formula is C18H20NO+. The first kappa shape index (κ1) is 14.1. The van der Waals surface area contributed by atoms with Crippen LogP contribution in [0.1, 0.15) is 6.92 Å². The quantitative estimate of drug-likeness (QED) is 0.694. The molecule has 2 heteroatoms. The van der Waals surface area contributed by atoms with Crippen LogP contribution < -0.4 is 0 Å². The Balaban J connectivity index is 1.99. The lowest BCUT2D eigenvalue weighted by atomic mass is 10.1. The fourth-order valence-electron chi connectivity index (χ4n) is 1.86. The molecule has 0 spiro atoms. The lowest BCUT2D eigenvalue weighted by Gasteiger charge is -2.05. The van der Waals surface area contributed by atoms with Crippen molar-refractivity contribution in [3.8, 4) is 0 Å². The number of hydrogen-bond acceptors (Lipinski definition) is 1. The molecule has 0 radical (unpaired) electrons. The fraction of sp³-hybridized carbons (Fsp3) is 0.167. The van der Waals surface area contributed by atoms with Crippen LogP contribution in [0.15, 0.2) is 83.9 Å². The Morgan fingerprint density at radius 1 is 0.900 bits per heavy atom. The van der Waals surface area contributed by atoms with E-state index in [9.17, 15) is 0 Å². The number of ether oxygens (including phenoxy) is 1. The maximum atomic E-state index is 5.22. The maximum Gasteiger partial charge on any atom is 0.199 e. The van der Waals surface area contributed by atoms with Crippen LogP contribution in [0, 0.1) is 0 Å². The molecule has 102 valence electrons. The Kier molecular flexibility index (Phi) is 4.72. The van der Waals surface area contributed by atoms with Gasteiger partial charge in [0.2, 0.25) is 0 Å². The van der Waals surface area contributed by atoms with Gasteiger partial charge in [-0.2, -0.15) is 0 Å². The summed E-state index contributed by atoms with van der Waals surface area (Å²) in [4.78, 5) is 0. The van der Waals surface area contributed by atoms with Crippen LogP contribution in [0.25, 0.3) is 0 Å². The highest BCUT2D eigenvalue weighted by Gasteiger charge is 2.02. The van der Waals surface area contributed by atoms with Gasteiger partial charge in [0.1, 0.15) is 19.9 Å². The molecule has 2 nitrogen and oxygen atoms in total. The van der Waals surface area contributed by atoms with Crippen LogP contribution in [-0.2, 0) is 4.74 Å². The summed E-state index contributed by atoms with van der Waals surface area (Å²) < 4.78 is 7.31. The van der Waals surface area contributed by atoms with Crippen molar-refractivity contribution in [2.24, 2.45) is 0 Å². The van der Waals surface area contributed by atoms with Crippen LogP contribution in [0.4, 0.5) is 0 Å². The number of nitrogens with zero attached hydrogens (tertiary/aromatic N) is 1. The zero-order chi connectivity index (χ0) is 14.4. The second-order valence-electron chi connectivity index (χ2n) is 4.88. The topological polar surface area (TPSA) is 12.2 Å². The van der Waals surface area contributed by atoms with Crippen molar-refractivity contribution >= 4 is 5.71 Å². The molecule has 0 amide bonds. The van der Waals surface area contributed by atoms with Crippen molar-refractivity contribution in [2.45, 2.75) is 6.92 Å². The van der Waals surface area contributed by atoms with Gasteiger partial charge in [-0.1, -0.05) is 24.3 Å². The third kappa shape index (κ3) is 4.09. The molecule has 0 N–H and O–H groups in total. The average molecular weight is 266 g/mol. The summed E-state index contributed by atoms with van der Waals surface area (Å²) in [5.41, 5.74) is 3.54. The van der Waals surface area contributed by atoms with Crippen molar-refractivity contribution < 1.29 is 9.31 Å². The summed E-state index contributed by atoms with van der Waals surface area (Å²) in [5, 5.41) is 0. The lowest BCUT2D eigenvalue weighted by molar-refractivity contribution is -0.462. The van der Waals surface area contributed by atoms with E-state index in [1.807, 2.05) is 45.3 Å². The van der Waals surface area contributed by atoms with Gasteiger partial charge in [0.15, 0.2) is 5.71 Å². The first-order valence-electron chi connectivity index (χ1n) is 6.66. The van der Waals surface area contributed by atoms with Crippen LogP contribution in [-0.4, -0.2) is 24.4 Å². The summed E-state index contributed by atoms with van der Waals surface area (Å²) in [6.45, 7) is 1.94. The Hall–Kier alpha value is -2.35. The molecule has 0 aromatic carbocycles. The normalized spacial score (nSPS) is 19.6. The van der Waals surface area contributed by atoms with Crippen LogP contribution in [0.5, 0.6) is 0 Å². The van der Waals surface area contributed by atoms with E-state index in [0.29, 0.717) is 0 Å². The largest absolute Gasteiger partial charge is 0.470 e. The summed E-state index contributed by atoms with van der Waals surface area (Å²) in [6, 6.07) is 0. The minimum absolute atomic E-state index is 0.912. The van der Waals surface area contributed by atoms with Crippen molar-refractivity contribution in [3.05, 3.63) is 83.9 Å². The van der Waals surface area contributed by atoms with E-state index in [0.717, 1.165) is 11.3 Å². The second kappa shape index (κ2) is 6.71. The molecule has 0 aromatic heterocycles. The SMILES string of the molecule is CC1=C/C(=C\C=C\C=C2C=CC(=[N+](C)C)C=C2)C=CO1. The van der Waals surface area contributed by atoms with Gasteiger partial charge in [0.25, 0.3) is 0 Å². The molecule has 2 rings (SSSR count). The molecule has 1 heterocycles. The van der Waals surface area contributed by atoms with Gasteiger partial charge >= 0.3 is 0 Å². The number of allylic oxidation sites excluding steroid dienone is 13. The molecule has 0 bridgehead atoms. The zero-order valence-corrected chi connectivity index (χ0v) is 12.2. The van der Waals surface area contributed by atoms with E-state index in [1.165, 1.54) is 11.3 Å². The molecule has 1 aliphatic heterocycles. The van der Waals surface area contributed by atoms with E-state index in [4.69, 9.17) is 4.74 Å². The van der Waals surface area contributed by atoms with Crippen LogP contribution >= 0.6 is 0 Å². The highest BCUT2D eigenvalue weighted by molar-refractivity contribution is 6.02. The Bertz CT molecular complexity index is 598. The van der Waals surface area contributed by atoms with Gasteiger partial charge < -0.3 is 4.74 Å². The highest BCUT2D eigenvalue weighted by atomic mass is 16.5. The summed E-state index contributed by atoms with van der Waals surface area (Å²) >= 11 is 0. The van der Waals surface area contributed by atoms with E-state index >= 15 is 0 Å². The van der Waals surface area contributed by atoms with Gasteiger partial charge in [0.05, 0.1) is 6.26 Å². The van der Waals surface area contributed by atoms with E-state index in [-0.39, 0.29) is 0 Å². The third-order valence-electron chi connectivity index (χ3n) is 2.98. The van der Waals surface area contributed by atoms with Gasteiger partial charge in [-0.25, -0.2) is 4.58 Å². The monoisotopic (exact) mass is 266 g/mol. The van der Waals surface area contributed by atoms with Crippen molar-refractivity contribution in [1.82, 2.24) is 0 Å². The predicted octanol–water partition coefficient (Wildman–Crippen LogP) is 3.68. The predicted molar refractivity (Wildman–Crippen MR) is 84.7 cm³/mol. The number of hydrogen-bond donors (Lipinski definition) is 0. The lowest BCUT2D eigenvalue weighted by Crippen LogP contribution is -2.09. The smallest absolute Gasteiger partial charge is 0.199 e. The molecule has 0 atom stereocenters. The molecule has 0 unspecified atom stereocenters. The van der Waals surface area contributed by atoms with Crippen molar-refractivity contribution in [3.63, 3.8) is 0 Å². The third-order valence-corrected chi connectivity index (χ3v) is 2.98. The van der Waals surface area contributed by atoms with Gasteiger partial charge in [-0.05, 0) is 42.4 Å². The Morgan fingerprint density at radius 3 is 2.15 bits per heavy atom. The standard InChI is InChI=1S/C18H20NO/c1-15-14-17(12-13-20-15)7-5-4-6-16-8-10-18(11-9-16)19(2)3/h4-14H,1-3H3/q+1/b5-4+,17-7-. The number of rotatable bonds is 2. The van der Waals surface area contributed by atoms with Gasteiger partial charge in [0, 0.05) is 12.2 Å². The van der Waals surface area contributed by atoms with E-state index in [1.54, 1.807) is 6.26 Å². The first-order valence-corrected chi connectivity index (χ1v) is 6.66. The van der Waals surface area contributed by atoms with Crippen LogP contribution in [0.3, 0.4) is 0 Å². The Morgan fingerprint density at radius 2 is 1.55 bits per heavy atom. The first-order chi connectivity index (χ1) is 9.65. The summed E-state index contributed by atoms with van der Waals surface area (Å²) in [7, 11) is 4.09. The van der Waals surface area contributed by atoms with Crippen LogP contribution in [0.2, 0.25) is 0 Å². The summed E-state index contributed by atoms with van der Waals surface area (Å²) in [5.74, 6) is 0.912. The maximum absolute atomic E-state index is 5.22. The minimum atomic E-state index is 0.912. The van der Waals surface area contributed by atoms with Gasteiger partial charge in [-0.3, -0.25) is 0 Å². The van der Waals surface area contributed by atoms with E-state index < -0.39 is 0 Å². The molecule has 0 fully saturated rings. The Labute approximate surface area is 120 Å². The molecule has 1 aliphatic carbocycles. The highest BCUT2D eigenvalue weighted by Crippen LogP contribution is 2.12. The molecule has 2 aliphatic rings. The second-order valence-corrected chi connectivity index (χ2v) is 4.88. The van der Waals surface area contributed by atoms with E-state index in [2.05, 4.69) is 41.0 Å². The molecule has 20 heavy (non-hydrogen) atoms. The molecular weight excluding hydrogens is 246 g/mol. The zero-order valence-electron chi connectivity index (χ0n) is 12.2. The summed E-state index contributed by atoms with van der Waals surface area (Å²) in [6.07, 6.45) is 22.4. The minimum Gasteiger partial charge on any atom is -0.470 e. The van der Waals surface area contributed by atoms with Crippen molar-refractivity contribution in [1.29, 1.82) is 0 Å². The average Bonchev–Trinajstić information content (AvgIpc) is 2.44. The van der Waals surface area contributed by atoms with Gasteiger partial charge in [-0.15, -0.1) is 0 Å². The molecule has 0 saturated carbocycles. The molecule has 0 aromatic rings.